The van der Waals surface area contributed by atoms with Crippen LogP contribution in [0, 0.1) is 0 Å². The second-order valence-electron chi connectivity index (χ2n) is 6.70. The fraction of sp³-hybridized carbons (Fsp3) is 0.579. The van der Waals surface area contributed by atoms with Crippen LogP contribution in [0.4, 0.5) is 5.69 Å². The second kappa shape index (κ2) is 8.45. The van der Waals surface area contributed by atoms with Crippen molar-refractivity contribution in [2.75, 3.05) is 37.7 Å². The summed E-state index contributed by atoms with van der Waals surface area (Å²) in [6.07, 6.45) is 4.30. The molecule has 0 atom stereocenters. The molecule has 0 bridgehead atoms. The quantitative estimate of drug-likeness (QED) is 0.798. The summed E-state index contributed by atoms with van der Waals surface area (Å²) in [6, 6.07) is 7.43. The molecular formula is C19H27N3O3. The van der Waals surface area contributed by atoms with Crippen molar-refractivity contribution < 1.29 is 14.3 Å². The standard InChI is InChI=1S/C19H27N3O3/c20-9-3-13-25-17-7-11-21(12-8-17)19(24)15-4-1-5-16(14-15)22-10-2-6-18(22)23/h1,4-5,14,17H,2-3,6-13,20H2. The number of benzene rings is 1. The van der Waals surface area contributed by atoms with Gasteiger partial charge in [0, 0.05) is 43.9 Å². The average molecular weight is 345 g/mol. The minimum Gasteiger partial charge on any atom is -0.378 e. The summed E-state index contributed by atoms with van der Waals surface area (Å²) in [5.41, 5.74) is 6.96. The van der Waals surface area contributed by atoms with Crippen molar-refractivity contribution in [3.63, 3.8) is 0 Å². The Labute approximate surface area is 148 Å². The molecule has 2 aliphatic heterocycles. The van der Waals surface area contributed by atoms with Gasteiger partial charge in [-0.25, -0.2) is 0 Å². The first-order valence-corrected chi connectivity index (χ1v) is 9.20. The van der Waals surface area contributed by atoms with Crippen LogP contribution in [0.2, 0.25) is 0 Å². The first-order chi connectivity index (χ1) is 12.2. The van der Waals surface area contributed by atoms with Crippen molar-refractivity contribution in [1.82, 2.24) is 4.90 Å². The van der Waals surface area contributed by atoms with Crippen LogP contribution in [0.15, 0.2) is 24.3 Å². The molecule has 2 saturated heterocycles. The van der Waals surface area contributed by atoms with Crippen molar-refractivity contribution >= 4 is 17.5 Å². The maximum atomic E-state index is 12.8. The van der Waals surface area contributed by atoms with E-state index in [-0.39, 0.29) is 17.9 Å². The van der Waals surface area contributed by atoms with Gasteiger partial charge in [-0.2, -0.15) is 0 Å². The highest BCUT2D eigenvalue weighted by Crippen LogP contribution is 2.24. The van der Waals surface area contributed by atoms with Crippen LogP contribution in [-0.4, -0.2) is 55.6 Å². The van der Waals surface area contributed by atoms with Gasteiger partial charge in [-0.05, 0) is 50.4 Å². The monoisotopic (exact) mass is 345 g/mol. The number of piperidine rings is 1. The molecule has 0 aliphatic carbocycles. The van der Waals surface area contributed by atoms with E-state index in [1.807, 2.05) is 29.2 Å². The van der Waals surface area contributed by atoms with Gasteiger partial charge < -0.3 is 20.3 Å². The van der Waals surface area contributed by atoms with Gasteiger partial charge in [0.05, 0.1) is 6.10 Å². The van der Waals surface area contributed by atoms with E-state index in [1.165, 1.54) is 0 Å². The van der Waals surface area contributed by atoms with Gasteiger partial charge in [0.25, 0.3) is 5.91 Å². The third kappa shape index (κ3) is 4.38. The SMILES string of the molecule is NCCCOC1CCN(C(=O)c2cccc(N3CCCC3=O)c2)CC1. The molecule has 2 fully saturated rings. The van der Waals surface area contributed by atoms with E-state index in [4.69, 9.17) is 10.5 Å². The highest BCUT2D eigenvalue weighted by atomic mass is 16.5. The Kier molecular flexibility index (Phi) is 6.04. The summed E-state index contributed by atoms with van der Waals surface area (Å²) in [4.78, 5) is 28.3. The van der Waals surface area contributed by atoms with Crippen LogP contribution in [-0.2, 0) is 9.53 Å². The number of nitrogens with zero attached hydrogens (tertiary/aromatic N) is 2. The lowest BCUT2D eigenvalue weighted by Gasteiger charge is -2.32. The number of nitrogens with two attached hydrogens (primary N) is 1. The van der Waals surface area contributed by atoms with Crippen LogP contribution < -0.4 is 10.6 Å². The molecule has 3 rings (SSSR count). The first-order valence-electron chi connectivity index (χ1n) is 9.20. The van der Waals surface area contributed by atoms with E-state index in [0.717, 1.165) is 37.9 Å². The van der Waals surface area contributed by atoms with Gasteiger partial charge in [-0.1, -0.05) is 6.07 Å². The molecule has 6 nitrogen and oxygen atoms in total. The summed E-state index contributed by atoms with van der Waals surface area (Å²) in [5, 5.41) is 0. The van der Waals surface area contributed by atoms with Gasteiger partial charge >= 0.3 is 0 Å². The summed E-state index contributed by atoms with van der Waals surface area (Å²) in [7, 11) is 0. The van der Waals surface area contributed by atoms with E-state index in [2.05, 4.69) is 0 Å². The summed E-state index contributed by atoms with van der Waals surface area (Å²) < 4.78 is 5.79. The zero-order chi connectivity index (χ0) is 17.6. The molecule has 6 heteroatoms. The third-order valence-corrected chi connectivity index (χ3v) is 4.91. The Hall–Kier alpha value is -1.92. The van der Waals surface area contributed by atoms with Gasteiger partial charge in [0.1, 0.15) is 0 Å². The summed E-state index contributed by atoms with van der Waals surface area (Å²) in [5.74, 6) is 0.175. The predicted molar refractivity (Wildman–Crippen MR) is 96.6 cm³/mol. The molecule has 1 aromatic rings. The smallest absolute Gasteiger partial charge is 0.253 e. The van der Waals surface area contributed by atoms with Crippen molar-refractivity contribution in [2.24, 2.45) is 5.73 Å². The molecule has 0 spiro atoms. The highest BCUT2D eigenvalue weighted by Gasteiger charge is 2.26. The molecular weight excluding hydrogens is 318 g/mol. The molecule has 2 aliphatic rings. The zero-order valence-corrected chi connectivity index (χ0v) is 14.7. The lowest BCUT2D eigenvalue weighted by Crippen LogP contribution is -2.41. The van der Waals surface area contributed by atoms with Crippen LogP contribution >= 0.6 is 0 Å². The molecule has 0 unspecified atom stereocenters. The maximum Gasteiger partial charge on any atom is 0.253 e. The number of carbonyl (C=O) groups is 2. The lowest BCUT2D eigenvalue weighted by molar-refractivity contribution is -0.117. The molecule has 1 aromatic carbocycles. The minimum absolute atomic E-state index is 0.0360. The zero-order valence-electron chi connectivity index (χ0n) is 14.7. The lowest BCUT2D eigenvalue weighted by atomic mass is 10.1. The van der Waals surface area contributed by atoms with E-state index < -0.39 is 0 Å². The first kappa shape index (κ1) is 17.9. The molecule has 0 aromatic heterocycles. The number of carbonyl (C=O) groups excluding carboxylic acids is 2. The second-order valence-corrected chi connectivity index (χ2v) is 6.70. The Morgan fingerprint density at radius 3 is 2.72 bits per heavy atom. The molecule has 2 heterocycles. The van der Waals surface area contributed by atoms with Crippen molar-refractivity contribution in [1.29, 1.82) is 0 Å². The van der Waals surface area contributed by atoms with Crippen molar-refractivity contribution in [3.8, 4) is 0 Å². The molecule has 0 radical (unpaired) electrons. The number of likely N-dealkylation sites (tertiary alicyclic amines) is 1. The van der Waals surface area contributed by atoms with E-state index in [1.54, 1.807) is 4.90 Å². The Balaban J connectivity index is 1.58. The van der Waals surface area contributed by atoms with Crippen molar-refractivity contribution in [2.45, 2.75) is 38.2 Å². The Morgan fingerprint density at radius 1 is 1.24 bits per heavy atom. The molecule has 136 valence electrons. The molecule has 25 heavy (non-hydrogen) atoms. The van der Waals surface area contributed by atoms with Gasteiger partial charge in [0.15, 0.2) is 0 Å². The summed E-state index contributed by atoms with van der Waals surface area (Å²) >= 11 is 0. The Bertz CT molecular complexity index is 612. The van der Waals surface area contributed by atoms with E-state index in [0.29, 0.717) is 38.2 Å². The predicted octanol–water partition coefficient (Wildman–Crippen LogP) is 1.78. The normalized spacial score (nSPS) is 18.8. The minimum atomic E-state index is 0.0360. The average Bonchev–Trinajstić information content (AvgIpc) is 3.08. The third-order valence-electron chi connectivity index (χ3n) is 4.91. The summed E-state index contributed by atoms with van der Waals surface area (Å²) in [6.45, 7) is 3.49. The van der Waals surface area contributed by atoms with E-state index in [9.17, 15) is 9.59 Å². The number of hydrogen-bond acceptors (Lipinski definition) is 4. The van der Waals surface area contributed by atoms with Crippen LogP contribution in [0.3, 0.4) is 0 Å². The maximum absolute atomic E-state index is 12.8. The molecule has 0 saturated carbocycles. The van der Waals surface area contributed by atoms with Gasteiger partial charge in [0.2, 0.25) is 5.91 Å². The fourth-order valence-electron chi connectivity index (χ4n) is 3.47. The largest absolute Gasteiger partial charge is 0.378 e. The number of ether oxygens (including phenoxy) is 1. The van der Waals surface area contributed by atoms with E-state index >= 15 is 0 Å². The van der Waals surface area contributed by atoms with Gasteiger partial charge in [-0.15, -0.1) is 0 Å². The molecule has 2 amide bonds. The Morgan fingerprint density at radius 2 is 2.04 bits per heavy atom. The van der Waals surface area contributed by atoms with Crippen LogP contribution in [0.5, 0.6) is 0 Å². The van der Waals surface area contributed by atoms with Gasteiger partial charge in [-0.3, -0.25) is 9.59 Å². The number of hydrogen-bond donors (Lipinski definition) is 1. The number of amides is 2. The number of rotatable bonds is 6. The highest BCUT2D eigenvalue weighted by molar-refractivity contribution is 5.99. The van der Waals surface area contributed by atoms with Crippen LogP contribution in [0.25, 0.3) is 0 Å². The van der Waals surface area contributed by atoms with Crippen molar-refractivity contribution in [3.05, 3.63) is 29.8 Å². The van der Waals surface area contributed by atoms with Crippen LogP contribution in [0.1, 0.15) is 42.5 Å². The molecule has 2 N–H and O–H groups in total. The topological polar surface area (TPSA) is 75.9 Å². The fourth-order valence-corrected chi connectivity index (χ4v) is 3.47. The number of anilines is 1.